The maximum Gasteiger partial charge on any atom is 0.259 e. The van der Waals surface area contributed by atoms with Gasteiger partial charge in [-0.05, 0) is 19.1 Å². The summed E-state index contributed by atoms with van der Waals surface area (Å²) in [4.78, 5) is 37.0. The monoisotopic (exact) mass is 330 g/mol. The van der Waals surface area contributed by atoms with Gasteiger partial charge in [0.25, 0.3) is 11.5 Å². The van der Waals surface area contributed by atoms with Gasteiger partial charge in [0.05, 0.1) is 20.3 Å². The van der Waals surface area contributed by atoms with E-state index in [1.54, 1.807) is 30.2 Å². The molecule has 3 heterocycles. The number of nitrogens with one attached hydrogen (secondary N) is 1. The number of ether oxygens (including phenoxy) is 2. The summed E-state index contributed by atoms with van der Waals surface area (Å²) in [5.41, 5.74) is 0.763. The topological polar surface area (TPSA) is 97.4 Å². The second kappa shape index (κ2) is 6.79. The van der Waals surface area contributed by atoms with E-state index in [1.165, 1.54) is 13.2 Å². The van der Waals surface area contributed by atoms with Crippen LogP contribution in [0.25, 0.3) is 0 Å². The Kier molecular flexibility index (Phi) is 4.57. The standard InChI is InChI=1S/C16H18N4O4/c1-10-8-13(21)19-14(18-10)12-9-20(6-7-24-12)16(22)11-4-3-5-17-15(11)23-2/h3-5,8,12H,6-7,9H2,1-2H3,(H,18,19,21)/t12-/m1/s1. The molecule has 2 aromatic heterocycles. The van der Waals surface area contributed by atoms with Crippen molar-refractivity contribution < 1.29 is 14.3 Å². The Labute approximate surface area is 138 Å². The van der Waals surface area contributed by atoms with Crippen LogP contribution in [0.4, 0.5) is 0 Å². The molecule has 1 saturated heterocycles. The van der Waals surface area contributed by atoms with Gasteiger partial charge in [-0.3, -0.25) is 9.59 Å². The van der Waals surface area contributed by atoms with E-state index in [0.29, 0.717) is 36.8 Å². The predicted molar refractivity (Wildman–Crippen MR) is 85.0 cm³/mol. The Morgan fingerprint density at radius 1 is 1.50 bits per heavy atom. The number of carbonyl (C=O) groups is 1. The molecule has 1 aliphatic rings. The lowest BCUT2D eigenvalue weighted by Crippen LogP contribution is -2.43. The SMILES string of the molecule is COc1ncccc1C(=O)N1CCO[C@@H](c2nc(C)cc(=O)[nH]2)C1. The number of hydrogen-bond donors (Lipinski definition) is 1. The van der Waals surface area contributed by atoms with E-state index in [9.17, 15) is 9.59 Å². The van der Waals surface area contributed by atoms with Crippen molar-refractivity contribution in [3.63, 3.8) is 0 Å². The molecule has 0 aromatic carbocycles. The van der Waals surface area contributed by atoms with Gasteiger partial charge in [0, 0.05) is 24.5 Å². The zero-order valence-corrected chi connectivity index (χ0v) is 13.5. The number of methoxy groups -OCH3 is 1. The number of nitrogens with zero attached hydrogens (tertiary/aromatic N) is 3. The van der Waals surface area contributed by atoms with Crippen LogP contribution >= 0.6 is 0 Å². The van der Waals surface area contributed by atoms with E-state index in [0.717, 1.165) is 0 Å². The molecule has 24 heavy (non-hydrogen) atoms. The van der Waals surface area contributed by atoms with Crippen LogP contribution in [-0.2, 0) is 4.74 Å². The minimum atomic E-state index is -0.474. The lowest BCUT2D eigenvalue weighted by atomic mass is 10.2. The first-order chi connectivity index (χ1) is 11.6. The van der Waals surface area contributed by atoms with Gasteiger partial charge < -0.3 is 19.4 Å². The predicted octanol–water partition coefficient (Wildman–Crippen LogP) is 0.696. The van der Waals surface area contributed by atoms with E-state index in [-0.39, 0.29) is 17.3 Å². The van der Waals surface area contributed by atoms with Gasteiger partial charge in [0.15, 0.2) is 0 Å². The maximum atomic E-state index is 12.7. The summed E-state index contributed by atoms with van der Waals surface area (Å²) in [6.45, 7) is 2.84. The summed E-state index contributed by atoms with van der Waals surface area (Å²) in [6.07, 6.45) is 1.09. The van der Waals surface area contributed by atoms with Crippen molar-refractivity contribution in [3.05, 3.63) is 51.8 Å². The molecular weight excluding hydrogens is 312 g/mol. The van der Waals surface area contributed by atoms with Crippen molar-refractivity contribution in [2.24, 2.45) is 0 Å². The average Bonchev–Trinajstić information content (AvgIpc) is 2.60. The molecule has 0 saturated carbocycles. The fraction of sp³-hybridized carbons (Fsp3) is 0.375. The smallest absolute Gasteiger partial charge is 0.259 e. The molecule has 0 unspecified atom stereocenters. The number of aryl methyl sites for hydroxylation is 1. The molecular formula is C16H18N4O4. The molecule has 8 heteroatoms. The Morgan fingerprint density at radius 2 is 2.33 bits per heavy atom. The van der Waals surface area contributed by atoms with Gasteiger partial charge in [-0.1, -0.05) is 0 Å². The fourth-order valence-electron chi connectivity index (χ4n) is 2.64. The number of amides is 1. The third-order valence-electron chi connectivity index (χ3n) is 3.74. The van der Waals surface area contributed by atoms with Gasteiger partial charge in [-0.25, -0.2) is 9.97 Å². The van der Waals surface area contributed by atoms with E-state index in [4.69, 9.17) is 9.47 Å². The van der Waals surface area contributed by atoms with Crippen molar-refractivity contribution >= 4 is 5.91 Å². The van der Waals surface area contributed by atoms with Crippen LogP contribution in [0.15, 0.2) is 29.2 Å². The van der Waals surface area contributed by atoms with Crippen LogP contribution in [0.2, 0.25) is 0 Å². The molecule has 1 aliphatic heterocycles. The van der Waals surface area contributed by atoms with Crippen LogP contribution in [0.1, 0.15) is 28.0 Å². The molecule has 0 bridgehead atoms. The quantitative estimate of drug-likeness (QED) is 0.889. The molecule has 0 aliphatic carbocycles. The van der Waals surface area contributed by atoms with Gasteiger partial charge in [-0.2, -0.15) is 0 Å². The number of aromatic nitrogens is 3. The summed E-state index contributed by atoms with van der Waals surface area (Å²) in [7, 11) is 1.47. The molecule has 1 amide bonds. The van der Waals surface area contributed by atoms with E-state index in [2.05, 4.69) is 15.0 Å². The third-order valence-corrected chi connectivity index (χ3v) is 3.74. The summed E-state index contributed by atoms with van der Waals surface area (Å²) in [5.74, 6) is 0.520. The molecule has 126 valence electrons. The number of hydrogen-bond acceptors (Lipinski definition) is 6. The number of morpholine rings is 1. The van der Waals surface area contributed by atoms with Gasteiger partial charge >= 0.3 is 0 Å². The van der Waals surface area contributed by atoms with Crippen LogP contribution in [0, 0.1) is 6.92 Å². The number of pyridine rings is 1. The largest absolute Gasteiger partial charge is 0.480 e. The highest BCUT2D eigenvalue weighted by atomic mass is 16.5. The second-order valence-electron chi connectivity index (χ2n) is 5.44. The third kappa shape index (κ3) is 3.28. The van der Waals surface area contributed by atoms with Crippen molar-refractivity contribution in [3.8, 4) is 5.88 Å². The lowest BCUT2D eigenvalue weighted by Gasteiger charge is -2.32. The number of aromatic amines is 1. The molecule has 0 spiro atoms. The van der Waals surface area contributed by atoms with E-state index < -0.39 is 6.10 Å². The molecule has 1 N–H and O–H groups in total. The average molecular weight is 330 g/mol. The lowest BCUT2D eigenvalue weighted by molar-refractivity contribution is -0.0270. The number of H-pyrrole nitrogens is 1. The Bertz CT molecular complexity index is 805. The summed E-state index contributed by atoms with van der Waals surface area (Å²) in [6, 6.07) is 4.77. The minimum absolute atomic E-state index is 0.191. The number of carbonyl (C=O) groups excluding carboxylic acids is 1. The zero-order chi connectivity index (χ0) is 17.1. The zero-order valence-electron chi connectivity index (χ0n) is 13.5. The van der Waals surface area contributed by atoms with Gasteiger partial charge in [0.2, 0.25) is 5.88 Å². The summed E-state index contributed by atoms with van der Waals surface area (Å²) >= 11 is 0. The van der Waals surface area contributed by atoms with Gasteiger partial charge in [0.1, 0.15) is 17.5 Å². The van der Waals surface area contributed by atoms with Gasteiger partial charge in [-0.15, -0.1) is 0 Å². The number of rotatable bonds is 3. The van der Waals surface area contributed by atoms with Crippen LogP contribution < -0.4 is 10.3 Å². The van der Waals surface area contributed by atoms with Crippen molar-refractivity contribution in [2.45, 2.75) is 13.0 Å². The Morgan fingerprint density at radius 3 is 3.08 bits per heavy atom. The van der Waals surface area contributed by atoms with Crippen LogP contribution in [0.3, 0.4) is 0 Å². The summed E-state index contributed by atoms with van der Waals surface area (Å²) in [5, 5.41) is 0. The molecule has 8 nitrogen and oxygen atoms in total. The minimum Gasteiger partial charge on any atom is -0.480 e. The molecule has 1 atom stereocenters. The highest BCUT2D eigenvalue weighted by Gasteiger charge is 2.29. The van der Waals surface area contributed by atoms with Crippen molar-refractivity contribution in [1.82, 2.24) is 19.9 Å². The normalized spacial score (nSPS) is 17.6. The highest BCUT2D eigenvalue weighted by Crippen LogP contribution is 2.22. The molecule has 2 aromatic rings. The molecule has 3 rings (SSSR count). The van der Waals surface area contributed by atoms with Crippen LogP contribution in [-0.4, -0.2) is 52.6 Å². The van der Waals surface area contributed by atoms with Crippen LogP contribution in [0.5, 0.6) is 5.88 Å². The Hall–Kier alpha value is -2.74. The first-order valence-electron chi connectivity index (χ1n) is 7.56. The van der Waals surface area contributed by atoms with E-state index >= 15 is 0 Å². The van der Waals surface area contributed by atoms with E-state index in [1.807, 2.05) is 0 Å². The highest BCUT2D eigenvalue weighted by molar-refractivity contribution is 5.96. The second-order valence-corrected chi connectivity index (χ2v) is 5.44. The Balaban J connectivity index is 1.82. The van der Waals surface area contributed by atoms with Crippen molar-refractivity contribution in [2.75, 3.05) is 26.8 Å². The molecule has 1 fully saturated rings. The first kappa shape index (κ1) is 16.1. The fourth-order valence-corrected chi connectivity index (χ4v) is 2.64. The van der Waals surface area contributed by atoms with Crippen molar-refractivity contribution in [1.29, 1.82) is 0 Å². The maximum absolute atomic E-state index is 12.7. The summed E-state index contributed by atoms with van der Waals surface area (Å²) < 4.78 is 10.8. The first-order valence-corrected chi connectivity index (χ1v) is 7.56. The molecule has 0 radical (unpaired) electrons.